The highest BCUT2D eigenvalue weighted by Crippen LogP contribution is 1.98. The number of carbonyl (C=O) groups is 1. The molecule has 0 N–H and O–H groups in total. The largest absolute Gasteiger partial charge is 0.553 e. The van der Waals surface area contributed by atoms with E-state index in [1.807, 2.05) is 6.92 Å². The van der Waals surface area contributed by atoms with Gasteiger partial charge < -0.3 is 23.9 Å². The highest BCUT2D eigenvalue weighted by atomic mass is 16.6. The van der Waals surface area contributed by atoms with Gasteiger partial charge in [-0.15, -0.1) is 0 Å². The minimum atomic E-state index is -1.50. The lowest BCUT2D eigenvalue weighted by atomic mass is 10.4. The molecule has 0 aromatic carbocycles. The molecular weight excluding hydrogens is 198 g/mol. The summed E-state index contributed by atoms with van der Waals surface area (Å²) in [7, 11) is 5.42. The molecule has 0 aromatic heterocycles. The summed E-state index contributed by atoms with van der Waals surface area (Å²) >= 11 is 0. The third-order valence-electron chi connectivity index (χ3n) is 1.64. The Labute approximate surface area is 92.2 Å². The van der Waals surface area contributed by atoms with Crippen molar-refractivity contribution in [3.63, 3.8) is 0 Å². The first kappa shape index (κ1) is 16.6. The molecule has 5 heteroatoms. The van der Waals surface area contributed by atoms with Crippen LogP contribution in [0, 0.1) is 0 Å². The molecule has 0 rings (SSSR count). The molecule has 0 aromatic rings. The first-order valence-electron chi connectivity index (χ1n) is 5.04. The Morgan fingerprint density at radius 2 is 1.80 bits per heavy atom. The van der Waals surface area contributed by atoms with Crippen LogP contribution in [0.1, 0.15) is 20.3 Å². The minimum Gasteiger partial charge on any atom is -0.553 e. The molecule has 0 aliphatic rings. The molecule has 92 valence electrons. The van der Waals surface area contributed by atoms with Crippen molar-refractivity contribution in [2.24, 2.45) is 0 Å². The Kier molecular flexibility index (Phi) is 10.8. The predicted molar refractivity (Wildman–Crippen MR) is 56.2 cm³/mol. The molecule has 0 amide bonds. The van der Waals surface area contributed by atoms with Crippen molar-refractivity contribution in [1.29, 1.82) is 0 Å². The van der Waals surface area contributed by atoms with Crippen molar-refractivity contribution in [2.75, 3.05) is 41.1 Å². The second kappa shape index (κ2) is 9.73. The number of ether oxygens (including phenoxy) is 2. The quantitative estimate of drug-likeness (QED) is 0.384. The number of rotatable bonds is 5. The zero-order valence-electron chi connectivity index (χ0n) is 10.4. The van der Waals surface area contributed by atoms with E-state index in [2.05, 4.69) is 25.8 Å². The number of carbonyl (C=O) groups excluding carboxylic acids is 1. The van der Waals surface area contributed by atoms with Crippen molar-refractivity contribution in [1.82, 2.24) is 0 Å². The van der Waals surface area contributed by atoms with E-state index in [9.17, 15) is 0 Å². The summed E-state index contributed by atoms with van der Waals surface area (Å²) in [6.07, 6.45) is -0.273. The number of methoxy groups -OCH3 is 1. The number of carboxylic acid groups (broad SMARTS) is 1. The Morgan fingerprint density at radius 3 is 2.07 bits per heavy atom. The molecule has 0 unspecified atom stereocenters. The fourth-order valence-electron chi connectivity index (χ4n) is 1.01. The second-order valence-electron chi connectivity index (χ2n) is 3.74. The third kappa shape index (κ3) is 15.9. The smallest absolute Gasteiger partial charge is 0.251 e. The van der Waals surface area contributed by atoms with E-state index in [0.29, 0.717) is 0 Å². The number of quaternary nitrogens is 1. The topological polar surface area (TPSA) is 58.6 Å². The van der Waals surface area contributed by atoms with Gasteiger partial charge in [0, 0.05) is 13.7 Å². The molecule has 15 heavy (non-hydrogen) atoms. The van der Waals surface area contributed by atoms with Crippen LogP contribution in [0.3, 0.4) is 0 Å². The Hall–Kier alpha value is -0.810. The van der Waals surface area contributed by atoms with Gasteiger partial charge in [0.15, 0.2) is 6.73 Å². The van der Waals surface area contributed by atoms with Gasteiger partial charge in [0.2, 0.25) is 0 Å². The molecule has 0 atom stereocenters. The summed E-state index contributed by atoms with van der Waals surface area (Å²) in [5, 5.41) is 9.03. The van der Waals surface area contributed by atoms with Crippen LogP contribution < -0.4 is 5.11 Å². The van der Waals surface area contributed by atoms with Gasteiger partial charge in [0.25, 0.3) is 6.16 Å². The molecule has 0 aliphatic heterocycles. The molecular formula is C10H23NO4. The summed E-state index contributed by atoms with van der Waals surface area (Å²) in [4.78, 5) is 9.03. The lowest BCUT2D eigenvalue weighted by Gasteiger charge is -2.28. The molecule has 0 saturated heterocycles. The standard InChI is InChI=1S/C8H20NO.C2H4O3/c1-5-7-9(3,4)8-10-6-2;1-5-2(3)4/h5-8H2,1-4H3;1H3,(H,3,4)/q+1;/p-1. The summed E-state index contributed by atoms with van der Waals surface area (Å²) in [5.41, 5.74) is 0. The predicted octanol–water partition coefficient (Wildman–Crippen LogP) is 0.443. The number of nitrogens with zero attached hydrogens (tertiary/aromatic N) is 1. The zero-order chi connectivity index (χ0) is 12.3. The number of hydrogen-bond donors (Lipinski definition) is 0. The summed E-state index contributed by atoms with van der Waals surface area (Å²) in [5.74, 6) is 0. The molecule has 0 saturated carbocycles. The highest BCUT2D eigenvalue weighted by molar-refractivity contribution is 5.53. The van der Waals surface area contributed by atoms with E-state index < -0.39 is 6.16 Å². The van der Waals surface area contributed by atoms with Crippen LogP contribution in [-0.4, -0.2) is 51.7 Å². The number of hydrogen-bond acceptors (Lipinski definition) is 4. The van der Waals surface area contributed by atoms with Crippen LogP contribution >= 0.6 is 0 Å². The van der Waals surface area contributed by atoms with Crippen molar-refractivity contribution in [2.45, 2.75) is 20.3 Å². The zero-order valence-corrected chi connectivity index (χ0v) is 10.4. The van der Waals surface area contributed by atoms with E-state index >= 15 is 0 Å². The Morgan fingerprint density at radius 1 is 1.33 bits per heavy atom. The molecule has 0 spiro atoms. The summed E-state index contributed by atoms with van der Waals surface area (Å²) in [6.45, 7) is 7.09. The van der Waals surface area contributed by atoms with Crippen molar-refractivity contribution < 1.29 is 23.9 Å². The second-order valence-corrected chi connectivity index (χ2v) is 3.74. The van der Waals surface area contributed by atoms with Crippen LogP contribution in [0.4, 0.5) is 4.79 Å². The summed E-state index contributed by atoms with van der Waals surface area (Å²) in [6, 6.07) is 0. The van der Waals surface area contributed by atoms with Gasteiger partial charge in [-0.25, -0.2) is 0 Å². The summed E-state index contributed by atoms with van der Waals surface area (Å²) < 4.78 is 9.86. The lowest BCUT2D eigenvalue weighted by molar-refractivity contribution is -0.909. The van der Waals surface area contributed by atoms with Crippen molar-refractivity contribution in [3.8, 4) is 0 Å². The van der Waals surface area contributed by atoms with Gasteiger partial charge in [0.05, 0.1) is 20.6 Å². The van der Waals surface area contributed by atoms with Gasteiger partial charge >= 0.3 is 0 Å². The first-order chi connectivity index (χ1) is 6.89. The van der Waals surface area contributed by atoms with Crippen LogP contribution in [0.5, 0.6) is 0 Å². The van der Waals surface area contributed by atoms with Gasteiger partial charge in [-0.3, -0.25) is 0 Å². The molecule has 0 radical (unpaired) electrons. The first-order valence-corrected chi connectivity index (χ1v) is 5.04. The van der Waals surface area contributed by atoms with Crippen molar-refractivity contribution >= 4 is 6.16 Å². The molecule has 5 nitrogen and oxygen atoms in total. The van der Waals surface area contributed by atoms with Gasteiger partial charge in [-0.05, 0) is 13.3 Å². The van der Waals surface area contributed by atoms with Crippen LogP contribution in [-0.2, 0) is 9.47 Å². The van der Waals surface area contributed by atoms with Gasteiger partial charge in [-0.1, -0.05) is 6.92 Å². The maximum atomic E-state index is 9.03. The monoisotopic (exact) mass is 221 g/mol. The van der Waals surface area contributed by atoms with E-state index in [4.69, 9.17) is 14.6 Å². The Balaban J connectivity index is 0. The fourth-order valence-corrected chi connectivity index (χ4v) is 1.01. The van der Waals surface area contributed by atoms with Crippen LogP contribution in [0.2, 0.25) is 0 Å². The van der Waals surface area contributed by atoms with Gasteiger partial charge in [0.1, 0.15) is 0 Å². The average molecular weight is 221 g/mol. The van der Waals surface area contributed by atoms with E-state index in [1.165, 1.54) is 13.0 Å². The van der Waals surface area contributed by atoms with E-state index in [-0.39, 0.29) is 0 Å². The minimum absolute atomic E-state index is 0.825. The normalized spacial score (nSPS) is 10.2. The van der Waals surface area contributed by atoms with Crippen LogP contribution in [0.15, 0.2) is 0 Å². The fraction of sp³-hybridized carbons (Fsp3) is 0.900. The highest BCUT2D eigenvalue weighted by Gasteiger charge is 2.11. The van der Waals surface area contributed by atoms with Gasteiger partial charge in [-0.2, -0.15) is 0 Å². The van der Waals surface area contributed by atoms with E-state index in [0.717, 1.165) is 24.9 Å². The lowest BCUT2D eigenvalue weighted by Crippen LogP contribution is -2.42. The molecule has 0 fully saturated rings. The molecule has 0 aliphatic carbocycles. The van der Waals surface area contributed by atoms with Crippen molar-refractivity contribution in [3.05, 3.63) is 0 Å². The molecule has 0 bridgehead atoms. The third-order valence-corrected chi connectivity index (χ3v) is 1.64. The average Bonchev–Trinajstić information content (AvgIpc) is 2.16. The molecule has 0 heterocycles. The maximum absolute atomic E-state index is 9.03. The van der Waals surface area contributed by atoms with Crippen LogP contribution in [0.25, 0.3) is 0 Å². The van der Waals surface area contributed by atoms with E-state index in [1.54, 1.807) is 0 Å². The Bertz CT molecular complexity index is 160. The SMILES string of the molecule is CCC[N+](C)(C)COCC.COC(=O)[O-]. The maximum Gasteiger partial charge on any atom is 0.251 e.